The van der Waals surface area contributed by atoms with Crippen LogP contribution in [0.15, 0.2) is 60.5 Å². The summed E-state index contributed by atoms with van der Waals surface area (Å²) >= 11 is 1.55. The molecular formula is C22H18N6S. The average molecular weight is 398 g/mol. The van der Waals surface area contributed by atoms with Crippen molar-refractivity contribution in [1.29, 1.82) is 0 Å². The highest BCUT2D eigenvalue weighted by molar-refractivity contribution is 7.14. The number of aromatic amines is 1. The zero-order valence-corrected chi connectivity index (χ0v) is 16.8. The van der Waals surface area contributed by atoms with Crippen molar-refractivity contribution in [3.05, 3.63) is 71.6 Å². The van der Waals surface area contributed by atoms with E-state index in [0.29, 0.717) is 0 Å². The standard InChI is InChI=1S/C22H18N6S/c1-13-4-3-5-15(6-13)21-25-18-7-14(2)17(8-19(18)26-21)27-22-28-20(11-29-22)16-9-23-12-24-10-16/h3-12H,1-2H3,(H,25,26)(H,27,28). The second kappa shape index (κ2) is 7.10. The summed E-state index contributed by atoms with van der Waals surface area (Å²) in [6, 6.07) is 12.5. The second-order valence-electron chi connectivity index (χ2n) is 6.93. The van der Waals surface area contributed by atoms with E-state index in [4.69, 9.17) is 4.98 Å². The zero-order valence-electron chi connectivity index (χ0n) is 16.0. The van der Waals surface area contributed by atoms with Crippen LogP contribution in [0, 0.1) is 13.8 Å². The molecule has 5 rings (SSSR count). The number of thiazole rings is 1. The molecule has 0 amide bonds. The van der Waals surface area contributed by atoms with Gasteiger partial charge in [0.1, 0.15) is 12.2 Å². The van der Waals surface area contributed by atoms with Crippen molar-refractivity contribution in [2.24, 2.45) is 0 Å². The van der Waals surface area contributed by atoms with Gasteiger partial charge < -0.3 is 10.3 Å². The van der Waals surface area contributed by atoms with Crippen LogP contribution in [0.4, 0.5) is 10.8 Å². The lowest BCUT2D eigenvalue weighted by Gasteiger charge is -2.06. The quantitative estimate of drug-likeness (QED) is 0.418. The Morgan fingerprint density at radius 3 is 2.66 bits per heavy atom. The highest BCUT2D eigenvalue weighted by Crippen LogP contribution is 2.30. The minimum Gasteiger partial charge on any atom is -0.338 e. The van der Waals surface area contributed by atoms with Gasteiger partial charge in [0.25, 0.3) is 0 Å². The summed E-state index contributed by atoms with van der Waals surface area (Å²) in [6.45, 7) is 4.16. The first kappa shape index (κ1) is 17.5. The van der Waals surface area contributed by atoms with Gasteiger partial charge in [0.05, 0.1) is 16.7 Å². The van der Waals surface area contributed by atoms with Crippen molar-refractivity contribution >= 4 is 33.2 Å². The summed E-state index contributed by atoms with van der Waals surface area (Å²) in [7, 11) is 0. The molecule has 0 atom stereocenters. The maximum Gasteiger partial charge on any atom is 0.187 e. The lowest BCUT2D eigenvalue weighted by Crippen LogP contribution is -1.93. The number of rotatable bonds is 4. The predicted molar refractivity (Wildman–Crippen MR) is 117 cm³/mol. The Kier molecular flexibility index (Phi) is 4.29. The first-order valence-electron chi connectivity index (χ1n) is 9.21. The van der Waals surface area contributed by atoms with Crippen molar-refractivity contribution in [2.45, 2.75) is 13.8 Å². The largest absolute Gasteiger partial charge is 0.338 e. The number of fused-ring (bicyclic) bond motifs is 1. The predicted octanol–water partition coefficient (Wildman–Crippen LogP) is 5.50. The minimum absolute atomic E-state index is 0.820. The maximum atomic E-state index is 4.79. The molecule has 3 aromatic heterocycles. The molecule has 5 aromatic rings. The molecule has 142 valence electrons. The van der Waals surface area contributed by atoms with Crippen LogP contribution in [-0.2, 0) is 0 Å². The second-order valence-corrected chi connectivity index (χ2v) is 7.79. The van der Waals surface area contributed by atoms with Gasteiger partial charge in [0, 0.05) is 34.6 Å². The Balaban J connectivity index is 1.46. The van der Waals surface area contributed by atoms with Gasteiger partial charge in [0.15, 0.2) is 5.13 Å². The van der Waals surface area contributed by atoms with E-state index in [1.165, 1.54) is 11.9 Å². The smallest absolute Gasteiger partial charge is 0.187 e. The van der Waals surface area contributed by atoms with Crippen LogP contribution in [-0.4, -0.2) is 24.9 Å². The molecule has 2 N–H and O–H groups in total. The zero-order chi connectivity index (χ0) is 19.8. The van der Waals surface area contributed by atoms with Crippen molar-refractivity contribution in [2.75, 3.05) is 5.32 Å². The fourth-order valence-electron chi connectivity index (χ4n) is 3.24. The number of nitrogens with zero attached hydrogens (tertiary/aromatic N) is 4. The first-order valence-corrected chi connectivity index (χ1v) is 10.1. The molecular weight excluding hydrogens is 380 g/mol. The molecule has 2 aromatic carbocycles. The average Bonchev–Trinajstić information content (AvgIpc) is 3.36. The monoisotopic (exact) mass is 398 g/mol. The van der Waals surface area contributed by atoms with E-state index in [9.17, 15) is 0 Å². The molecule has 0 bridgehead atoms. The normalized spacial score (nSPS) is 11.1. The Hall–Kier alpha value is -3.58. The third kappa shape index (κ3) is 3.48. The molecule has 0 fully saturated rings. The van der Waals surface area contributed by atoms with Crippen molar-refractivity contribution in [3.63, 3.8) is 0 Å². The molecule has 6 nitrogen and oxygen atoms in total. The topological polar surface area (TPSA) is 79.4 Å². The van der Waals surface area contributed by atoms with Crippen LogP contribution >= 0.6 is 11.3 Å². The maximum absolute atomic E-state index is 4.79. The lowest BCUT2D eigenvalue weighted by atomic mass is 10.1. The number of anilines is 2. The number of H-pyrrole nitrogens is 1. The molecule has 0 aliphatic rings. The lowest BCUT2D eigenvalue weighted by molar-refractivity contribution is 1.16. The number of nitrogens with one attached hydrogen (secondary N) is 2. The van der Waals surface area contributed by atoms with Crippen molar-refractivity contribution < 1.29 is 0 Å². The van der Waals surface area contributed by atoms with Crippen LogP contribution in [0.3, 0.4) is 0 Å². The summed E-state index contributed by atoms with van der Waals surface area (Å²) in [6.07, 6.45) is 5.04. The van der Waals surface area contributed by atoms with Crippen LogP contribution < -0.4 is 5.32 Å². The summed E-state index contributed by atoms with van der Waals surface area (Å²) in [5, 5.41) is 6.24. The van der Waals surface area contributed by atoms with Gasteiger partial charge in [-0.15, -0.1) is 11.3 Å². The van der Waals surface area contributed by atoms with E-state index in [0.717, 1.165) is 50.1 Å². The van der Waals surface area contributed by atoms with Gasteiger partial charge in [-0.05, 0) is 37.6 Å². The molecule has 0 unspecified atom stereocenters. The Morgan fingerprint density at radius 2 is 1.83 bits per heavy atom. The third-order valence-electron chi connectivity index (χ3n) is 4.72. The van der Waals surface area contributed by atoms with E-state index < -0.39 is 0 Å². The molecule has 0 spiro atoms. The molecule has 0 radical (unpaired) electrons. The van der Waals surface area contributed by atoms with Gasteiger partial charge in [0.2, 0.25) is 0 Å². The van der Waals surface area contributed by atoms with Crippen molar-refractivity contribution in [3.8, 4) is 22.6 Å². The Bertz CT molecular complexity index is 1310. The number of hydrogen-bond donors (Lipinski definition) is 2. The fourth-order valence-corrected chi connectivity index (χ4v) is 3.97. The number of hydrogen-bond acceptors (Lipinski definition) is 6. The van der Waals surface area contributed by atoms with E-state index in [-0.39, 0.29) is 0 Å². The summed E-state index contributed by atoms with van der Waals surface area (Å²) in [5.41, 5.74) is 8.11. The van der Waals surface area contributed by atoms with E-state index in [1.54, 1.807) is 23.7 Å². The van der Waals surface area contributed by atoms with E-state index in [2.05, 4.69) is 69.4 Å². The third-order valence-corrected chi connectivity index (χ3v) is 5.48. The van der Waals surface area contributed by atoms with Crippen LogP contribution in [0.25, 0.3) is 33.7 Å². The minimum atomic E-state index is 0.820. The van der Waals surface area contributed by atoms with Crippen LogP contribution in [0.2, 0.25) is 0 Å². The van der Waals surface area contributed by atoms with Crippen LogP contribution in [0.5, 0.6) is 0 Å². The molecule has 0 aliphatic carbocycles. The number of aromatic nitrogens is 5. The van der Waals surface area contributed by atoms with Gasteiger partial charge in [-0.25, -0.2) is 19.9 Å². The number of imidazole rings is 1. The first-order chi connectivity index (χ1) is 14.2. The SMILES string of the molecule is Cc1cccc(-c2nc3cc(Nc4nc(-c5cncnc5)cs4)c(C)cc3[nH]2)c1. The molecule has 0 saturated heterocycles. The summed E-state index contributed by atoms with van der Waals surface area (Å²) in [5.74, 6) is 0.876. The molecule has 0 aliphatic heterocycles. The van der Waals surface area contributed by atoms with Crippen LogP contribution in [0.1, 0.15) is 11.1 Å². The van der Waals surface area contributed by atoms with E-state index >= 15 is 0 Å². The highest BCUT2D eigenvalue weighted by Gasteiger charge is 2.11. The van der Waals surface area contributed by atoms with Gasteiger partial charge in [-0.3, -0.25) is 0 Å². The molecule has 0 saturated carbocycles. The highest BCUT2D eigenvalue weighted by atomic mass is 32.1. The molecule has 3 heterocycles. The fraction of sp³-hybridized carbons (Fsp3) is 0.0909. The van der Waals surface area contributed by atoms with Gasteiger partial charge >= 0.3 is 0 Å². The molecule has 7 heteroatoms. The number of benzene rings is 2. The summed E-state index contributed by atoms with van der Waals surface area (Å²) < 4.78 is 0. The Morgan fingerprint density at radius 1 is 0.966 bits per heavy atom. The van der Waals surface area contributed by atoms with Gasteiger partial charge in [-0.2, -0.15) is 0 Å². The molecule has 29 heavy (non-hydrogen) atoms. The van der Waals surface area contributed by atoms with Gasteiger partial charge in [-0.1, -0.05) is 23.8 Å². The van der Waals surface area contributed by atoms with Crippen molar-refractivity contribution in [1.82, 2.24) is 24.9 Å². The van der Waals surface area contributed by atoms with E-state index in [1.807, 2.05) is 11.4 Å². The summed E-state index contributed by atoms with van der Waals surface area (Å²) in [4.78, 5) is 21.0. The number of aryl methyl sites for hydroxylation is 2. The Labute approximate surface area is 171 Å².